The summed E-state index contributed by atoms with van der Waals surface area (Å²) in [6.45, 7) is 6.77. The van der Waals surface area contributed by atoms with E-state index >= 15 is 0 Å². The average molecular weight is 269 g/mol. The van der Waals surface area contributed by atoms with Crippen molar-refractivity contribution in [1.82, 2.24) is 4.90 Å². The second-order valence-corrected chi connectivity index (χ2v) is 6.47. The van der Waals surface area contributed by atoms with Crippen LogP contribution in [0.2, 0.25) is 0 Å². The molecule has 0 saturated heterocycles. The van der Waals surface area contributed by atoms with Crippen LogP contribution >= 0.6 is 11.3 Å². The van der Waals surface area contributed by atoms with E-state index in [9.17, 15) is 9.90 Å². The van der Waals surface area contributed by atoms with Crippen LogP contribution in [0.3, 0.4) is 0 Å². The first-order valence-corrected chi connectivity index (χ1v) is 6.96. The topological polar surface area (TPSA) is 49.8 Å². The number of nitrogens with zero attached hydrogens (tertiary/aromatic N) is 1. The van der Waals surface area contributed by atoms with E-state index in [0.717, 1.165) is 12.0 Å². The zero-order valence-corrected chi connectivity index (χ0v) is 11.8. The Kier molecular flexibility index (Phi) is 3.64. The first-order chi connectivity index (χ1) is 8.39. The molecular formula is C13H19NO3S. The summed E-state index contributed by atoms with van der Waals surface area (Å²) in [4.78, 5) is 14.1. The van der Waals surface area contributed by atoms with E-state index in [1.54, 1.807) is 11.3 Å². The van der Waals surface area contributed by atoms with Crippen molar-refractivity contribution in [1.29, 1.82) is 0 Å². The van der Waals surface area contributed by atoms with Crippen molar-refractivity contribution in [2.24, 2.45) is 0 Å². The minimum absolute atomic E-state index is 0.129. The van der Waals surface area contributed by atoms with Crippen molar-refractivity contribution in [3.05, 3.63) is 21.9 Å². The summed E-state index contributed by atoms with van der Waals surface area (Å²) in [7, 11) is 0. The van der Waals surface area contributed by atoms with Crippen LogP contribution in [0.5, 0.6) is 0 Å². The summed E-state index contributed by atoms with van der Waals surface area (Å²) in [5.74, 6) is 0. The lowest BCUT2D eigenvalue weighted by molar-refractivity contribution is 0.0000279. The molecule has 5 heteroatoms. The monoisotopic (exact) mass is 269 g/mol. The molecule has 0 saturated carbocycles. The minimum atomic E-state index is -0.895. The lowest BCUT2D eigenvalue weighted by Gasteiger charge is -2.36. The Labute approximate surface area is 111 Å². The van der Waals surface area contributed by atoms with Crippen molar-refractivity contribution >= 4 is 17.4 Å². The molecule has 1 N–H and O–H groups in total. The van der Waals surface area contributed by atoms with Gasteiger partial charge in [0.05, 0.1) is 13.2 Å². The van der Waals surface area contributed by atoms with Gasteiger partial charge in [-0.3, -0.25) is 0 Å². The third-order valence-corrected chi connectivity index (χ3v) is 4.16. The second-order valence-electron chi connectivity index (χ2n) is 5.47. The van der Waals surface area contributed by atoms with E-state index in [4.69, 9.17) is 4.74 Å². The van der Waals surface area contributed by atoms with E-state index < -0.39 is 11.6 Å². The van der Waals surface area contributed by atoms with Crippen LogP contribution < -0.4 is 0 Å². The fourth-order valence-electron chi connectivity index (χ4n) is 2.18. The standard InChI is InChI=1S/C13H19NO3S/c1-13(2,3)14(12(15)16)8-10-9-5-7-18-11(9)4-6-17-10/h5,7,10H,4,6,8H2,1-3H3,(H,15,16). The van der Waals surface area contributed by atoms with Crippen molar-refractivity contribution in [2.45, 2.75) is 38.8 Å². The minimum Gasteiger partial charge on any atom is -0.465 e. The lowest BCUT2D eigenvalue weighted by atomic mass is 10.0. The molecule has 0 spiro atoms. The van der Waals surface area contributed by atoms with E-state index in [2.05, 4.69) is 5.38 Å². The predicted molar refractivity (Wildman–Crippen MR) is 71.2 cm³/mol. The Morgan fingerprint density at radius 3 is 2.94 bits per heavy atom. The molecule has 2 rings (SSSR count). The van der Waals surface area contributed by atoms with Gasteiger partial charge in [-0.05, 0) is 37.8 Å². The highest BCUT2D eigenvalue weighted by Gasteiger charge is 2.32. The molecule has 1 amide bonds. The van der Waals surface area contributed by atoms with Crippen LogP contribution in [0.15, 0.2) is 11.4 Å². The summed E-state index contributed by atoms with van der Waals surface area (Å²) < 4.78 is 5.74. The molecule has 100 valence electrons. The number of hydrogen-bond acceptors (Lipinski definition) is 3. The Morgan fingerprint density at radius 2 is 2.33 bits per heavy atom. The molecule has 1 aliphatic heterocycles. The molecule has 0 aromatic carbocycles. The number of hydrogen-bond donors (Lipinski definition) is 1. The first kappa shape index (κ1) is 13.4. The van der Waals surface area contributed by atoms with Crippen LogP contribution in [0, 0.1) is 0 Å². The molecule has 0 radical (unpaired) electrons. The van der Waals surface area contributed by atoms with Crippen molar-refractivity contribution in [2.75, 3.05) is 13.2 Å². The highest BCUT2D eigenvalue weighted by Crippen LogP contribution is 2.32. The van der Waals surface area contributed by atoms with Crippen LogP contribution in [0.1, 0.15) is 37.3 Å². The number of ether oxygens (including phenoxy) is 1. The molecule has 1 aliphatic rings. The third kappa shape index (κ3) is 2.67. The Bertz CT molecular complexity index is 436. The number of carboxylic acid groups (broad SMARTS) is 1. The van der Waals surface area contributed by atoms with Gasteiger partial charge in [0.15, 0.2) is 0 Å². The van der Waals surface area contributed by atoms with Crippen LogP contribution in [0.25, 0.3) is 0 Å². The smallest absolute Gasteiger partial charge is 0.407 e. The van der Waals surface area contributed by atoms with Gasteiger partial charge in [-0.15, -0.1) is 11.3 Å². The lowest BCUT2D eigenvalue weighted by Crippen LogP contribution is -2.47. The summed E-state index contributed by atoms with van der Waals surface area (Å²) in [6, 6.07) is 2.05. The van der Waals surface area contributed by atoms with Gasteiger partial charge in [0.25, 0.3) is 0 Å². The maximum Gasteiger partial charge on any atom is 0.407 e. The molecule has 4 nitrogen and oxygen atoms in total. The third-order valence-electron chi connectivity index (χ3n) is 3.16. The van der Waals surface area contributed by atoms with E-state index in [1.165, 1.54) is 9.78 Å². The number of amides is 1. The van der Waals surface area contributed by atoms with Crippen molar-refractivity contribution < 1.29 is 14.6 Å². The second kappa shape index (κ2) is 4.90. The summed E-state index contributed by atoms with van der Waals surface area (Å²) in [5.41, 5.74) is 0.741. The molecule has 2 heterocycles. The van der Waals surface area contributed by atoms with Gasteiger partial charge in [0.1, 0.15) is 6.10 Å². The molecule has 1 aromatic rings. The Hall–Kier alpha value is -1.07. The largest absolute Gasteiger partial charge is 0.465 e. The van der Waals surface area contributed by atoms with Gasteiger partial charge >= 0.3 is 6.09 Å². The normalized spacial score (nSPS) is 19.4. The number of fused-ring (bicyclic) bond motifs is 1. The first-order valence-electron chi connectivity index (χ1n) is 6.08. The number of carbonyl (C=O) groups is 1. The average Bonchev–Trinajstić information content (AvgIpc) is 2.72. The Morgan fingerprint density at radius 1 is 1.61 bits per heavy atom. The van der Waals surface area contributed by atoms with E-state index in [1.807, 2.05) is 26.8 Å². The predicted octanol–water partition coefficient (Wildman–Crippen LogP) is 3.14. The van der Waals surface area contributed by atoms with Crippen LogP contribution in [-0.4, -0.2) is 34.8 Å². The van der Waals surface area contributed by atoms with E-state index in [0.29, 0.717) is 13.2 Å². The van der Waals surface area contributed by atoms with Gasteiger partial charge in [-0.25, -0.2) is 4.79 Å². The van der Waals surface area contributed by atoms with Gasteiger partial charge < -0.3 is 14.7 Å². The zero-order chi connectivity index (χ0) is 13.3. The molecule has 18 heavy (non-hydrogen) atoms. The SMILES string of the molecule is CC(C)(C)N(CC1OCCc2sccc21)C(=O)O. The summed E-state index contributed by atoms with van der Waals surface area (Å²) in [6.07, 6.45) is -0.0877. The van der Waals surface area contributed by atoms with Crippen LogP contribution in [-0.2, 0) is 11.2 Å². The zero-order valence-electron chi connectivity index (χ0n) is 11.0. The van der Waals surface area contributed by atoms with Gasteiger partial charge in [-0.2, -0.15) is 0 Å². The van der Waals surface area contributed by atoms with Crippen molar-refractivity contribution in [3.63, 3.8) is 0 Å². The Balaban J connectivity index is 2.17. The molecule has 1 aromatic heterocycles. The van der Waals surface area contributed by atoms with Gasteiger partial charge in [0, 0.05) is 16.8 Å². The summed E-state index contributed by atoms with van der Waals surface area (Å²) >= 11 is 1.73. The molecule has 1 atom stereocenters. The van der Waals surface area contributed by atoms with Gasteiger partial charge in [0.2, 0.25) is 0 Å². The fraction of sp³-hybridized carbons (Fsp3) is 0.615. The molecule has 1 unspecified atom stereocenters. The fourth-order valence-corrected chi connectivity index (χ4v) is 3.10. The summed E-state index contributed by atoms with van der Waals surface area (Å²) in [5, 5.41) is 11.4. The highest BCUT2D eigenvalue weighted by atomic mass is 32.1. The number of thiophene rings is 1. The molecule has 0 bridgehead atoms. The number of rotatable bonds is 2. The maximum atomic E-state index is 11.3. The van der Waals surface area contributed by atoms with Gasteiger partial charge in [-0.1, -0.05) is 0 Å². The molecule has 0 fully saturated rings. The van der Waals surface area contributed by atoms with Crippen LogP contribution in [0.4, 0.5) is 4.79 Å². The highest BCUT2D eigenvalue weighted by molar-refractivity contribution is 7.10. The van der Waals surface area contributed by atoms with Crippen molar-refractivity contribution in [3.8, 4) is 0 Å². The maximum absolute atomic E-state index is 11.3. The quantitative estimate of drug-likeness (QED) is 0.897. The molecule has 0 aliphatic carbocycles. The molecular weight excluding hydrogens is 250 g/mol. The van der Waals surface area contributed by atoms with E-state index in [-0.39, 0.29) is 6.10 Å².